The van der Waals surface area contributed by atoms with Crippen LogP contribution in [0.2, 0.25) is 0 Å². The molecule has 4 nitrogen and oxygen atoms in total. The molecule has 3 rings (SSSR count). The number of anilines is 1. The highest BCUT2D eigenvalue weighted by molar-refractivity contribution is 9.10. The first-order chi connectivity index (χ1) is 13.2. The summed E-state index contributed by atoms with van der Waals surface area (Å²) in [5.74, 6) is -0.636. The molecular weight excluding hydrogens is 418 g/mol. The summed E-state index contributed by atoms with van der Waals surface area (Å²) in [5, 5.41) is 11.4. The fraction of sp³-hybridized carbons (Fsp3) is 0.391. The van der Waals surface area contributed by atoms with E-state index >= 15 is 0 Å². The second-order valence-corrected chi connectivity index (χ2v) is 8.60. The molecule has 0 bridgehead atoms. The van der Waals surface area contributed by atoms with E-state index in [0.717, 1.165) is 34.0 Å². The van der Waals surface area contributed by atoms with Gasteiger partial charge in [0.1, 0.15) is 0 Å². The van der Waals surface area contributed by atoms with Crippen molar-refractivity contribution in [2.24, 2.45) is 0 Å². The number of carbonyl (C=O) groups excluding carboxylic acids is 2. The minimum Gasteiger partial charge on any atom is -0.375 e. The third-order valence-corrected chi connectivity index (χ3v) is 6.08. The number of ketones is 1. The quantitative estimate of drug-likeness (QED) is 0.640. The molecule has 0 fully saturated rings. The molecule has 1 amide bonds. The standard InChI is InChI=1S/C23H26BrNO3/c1-5-6-9-25-20-8-7-17(24)12-19(20)23(28,22(25)27)13-21(26)18-11-15(3)14(2)10-16(18)4/h7-8,10-12,28H,5-6,9,13H2,1-4H3/t23-/m0/s1. The summed E-state index contributed by atoms with van der Waals surface area (Å²) in [6, 6.07) is 9.26. The highest BCUT2D eigenvalue weighted by Gasteiger charge is 2.50. The van der Waals surface area contributed by atoms with Gasteiger partial charge in [-0.2, -0.15) is 0 Å². The molecule has 0 radical (unpaired) electrons. The molecule has 1 aliphatic rings. The predicted molar refractivity (Wildman–Crippen MR) is 115 cm³/mol. The summed E-state index contributed by atoms with van der Waals surface area (Å²) in [6.07, 6.45) is 1.51. The number of amides is 1. The molecule has 1 aliphatic heterocycles. The van der Waals surface area contributed by atoms with Gasteiger partial charge in [0.25, 0.3) is 5.91 Å². The monoisotopic (exact) mass is 443 g/mol. The highest BCUT2D eigenvalue weighted by atomic mass is 79.9. The van der Waals surface area contributed by atoms with E-state index in [-0.39, 0.29) is 12.2 Å². The van der Waals surface area contributed by atoms with Gasteiger partial charge in [0.15, 0.2) is 11.4 Å². The third-order valence-electron chi connectivity index (χ3n) is 5.59. The molecule has 1 heterocycles. The Morgan fingerprint density at radius 1 is 1.11 bits per heavy atom. The lowest BCUT2D eigenvalue weighted by Gasteiger charge is -2.23. The average molecular weight is 444 g/mol. The molecule has 28 heavy (non-hydrogen) atoms. The largest absolute Gasteiger partial charge is 0.375 e. The molecule has 5 heteroatoms. The molecule has 2 aromatic rings. The number of hydrogen-bond donors (Lipinski definition) is 1. The summed E-state index contributed by atoms with van der Waals surface area (Å²) < 4.78 is 0.768. The fourth-order valence-corrected chi connectivity index (χ4v) is 4.18. The zero-order valence-electron chi connectivity index (χ0n) is 16.8. The second kappa shape index (κ2) is 7.80. The van der Waals surface area contributed by atoms with Crippen molar-refractivity contribution in [3.05, 3.63) is 62.6 Å². The lowest BCUT2D eigenvalue weighted by Crippen LogP contribution is -2.42. The van der Waals surface area contributed by atoms with E-state index in [9.17, 15) is 14.7 Å². The minimum atomic E-state index is -1.84. The van der Waals surface area contributed by atoms with Crippen LogP contribution < -0.4 is 4.90 Å². The first-order valence-electron chi connectivity index (χ1n) is 9.64. The summed E-state index contributed by atoms with van der Waals surface area (Å²) in [5.41, 5.74) is 2.91. The maximum Gasteiger partial charge on any atom is 0.264 e. The molecule has 2 aromatic carbocycles. The van der Waals surface area contributed by atoms with Gasteiger partial charge in [0.05, 0.1) is 12.1 Å². The zero-order valence-corrected chi connectivity index (χ0v) is 18.4. The number of hydrogen-bond acceptors (Lipinski definition) is 3. The summed E-state index contributed by atoms with van der Waals surface area (Å²) in [4.78, 5) is 27.9. The van der Waals surface area contributed by atoms with Gasteiger partial charge in [-0.15, -0.1) is 0 Å². The van der Waals surface area contributed by atoms with Crippen LogP contribution in [0.25, 0.3) is 0 Å². The Hall–Kier alpha value is -1.98. The van der Waals surface area contributed by atoms with Crippen molar-refractivity contribution < 1.29 is 14.7 Å². The molecular formula is C23H26BrNO3. The van der Waals surface area contributed by atoms with Crippen molar-refractivity contribution in [3.63, 3.8) is 0 Å². The SMILES string of the molecule is CCCCN1C(=O)[C@](O)(CC(=O)c2cc(C)c(C)cc2C)c2cc(Br)ccc21. The van der Waals surface area contributed by atoms with Gasteiger partial charge in [-0.1, -0.05) is 35.3 Å². The van der Waals surface area contributed by atoms with E-state index in [2.05, 4.69) is 22.9 Å². The van der Waals surface area contributed by atoms with Gasteiger partial charge in [-0.25, -0.2) is 0 Å². The van der Waals surface area contributed by atoms with Gasteiger partial charge in [-0.05, 0) is 68.1 Å². The van der Waals surface area contributed by atoms with E-state index in [0.29, 0.717) is 23.4 Å². The van der Waals surface area contributed by atoms with Gasteiger partial charge < -0.3 is 10.0 Å². The zero-order chi connectivity index (χ0) is 20.6. The topological polar surface area (TPSA) is 57.6 Å². The van der Waals surface area contributed by atoms with E-state index in [1.807, 2.05) is 45.0 Å². The number of aryl methyl sites for hydroxylation is 3. The normalized spacial score (nSPS) is 18.5. The van der Waals surface area contributed by atoms with E-state index in [4.69, 9.17) is 0 Å². The molecule has 0 saturated heterocycles. The fourth-order valence-electron chi connectivity index (χ4n) is 3.82. The van der Waals surface area contributed by atoms with Crippen LogP contribution in [-0.4, -0.2) is 23.3 Å². The third kappa shape index (κ3) is 3.53. The molecule has 1 atom stereocenters. The lowest BCUT2D eigenvalue weighted by molar-refractivity contribution is -0.135. The Morgan fingerprint density at radius 2 is 1.79 bits per heavy atom. The van der Waals surface area contributed by atoms with Crippen LogP contribution in [0.4, 0.5) is 5.69 Å². The van der Waals surface area contributed by atoms with Gasteiger partial charge in [-0.3, -0.25) is 9.59 Å². The van der Waals surface area contributed by atoms with Gasteiger partial charge >= 0.3 is 0 Å². The molecule has 0 saturated carbocycles. The number of nitrogens with zero attached hydrogens (tertiary/aromatic N) is 1. The van der Waals surface area contributed by atoms with Crippen LogP contribution in [0.1, 0.15) is 58.8 Å². The van der Waals surface area contributed by atoms with Crippen LogP contribution in [-0.2, 0) is 10.4 Å². The van der Waals surface area contributed by atoms with Crippen molar-refractivity contribution in [1.29, 1.82) is 0 Å². The maximum atomic E-state index is 13.2. The number of Topliss-reactive ketones (excluding diaryl/α,β-unsaturated/α-hetero) is 1. The van der Waals surface area contributed by atoms with E-state index < -0.39 is 11.5 Å². The van der Waals surface area contributed by atoms with E-state index in [1.165, 1.54) is 0 Å². The number of unbranched alkanes of at least 4 members (excludes halogenated alkanes) is 1. The summed E-state index contributed by atoms with van der Waals surface area (Å²) >= 11 is 3.42. The first kappa shape index (κ1) is 20.7. The molecule has 0 unspecified atom stereocenters. The molecule has 148 valence electrons. The number of benzene rings is 2. The molecule has 0 spiro atoms. The van der Waals surface area contributed by atoms with Crippen molar-refractivity contribution in [3.8, 4) is 0 Å². The number of carbonyl (C=O) groups is 2. The average Bonchev–Trinajstić information content (AvgIpc) is 2.83. The summed E-state index contributed by atoms with van der Waals surface area (Å²) in [6.45, 7) is 8.44. The number of rotatable bonds is 6. The molecule has 1 N–H and O–H groups in total. The smallest absolute Gasteiger partial charge is 0.264 e. The lowest BCUT2D eigenvalue weighted by atomic mass is 9.86. The summed E-state index contributed by atoms with van der Waals surface area (Å²) in [7, 11) is 0. The van der Waals surface area contributed by atoms with Crippen LogP contribution in [0.15, 0.2) is 34.8 Å². The first-order valence-corrected chi connectivity index (χ1v) is 10.4. The van der Waals surface area contributed by atoms with Crippen molar-refractivity contribution in [2.45, 2.75) is 52.6 Å². The minimum absolute atomic E-state index is 0.222. The van der Waals surface area contributed by atoms with Gasteiger partial charge in [0.2, 0.25) is 0 Å². The predicted octanol–water partition coefficient (Wildman–Crippen LogP) is 4.98. The molecule has 0 aromatic heterocycles. The van der Waals surface area contributed by atoms with Crippen LogP contribution in [0.5, 0.6) is 0 Å². The molecule has 0 aliphatic carbocycles. The van der Waals surface area contributed by atoms with Crippen molar-refractivity contribution in [1.82, 2.24) is 0 Å². The Morgan fingerprint density at radius 3 is 2.46 bits per heavy atom. The highest BCUT2D eigenvalue weighted by Crippen LogP contribution is 2.44. The Bertz CT molecular complexity index is 953. The van der Waals surface area contributed by atoms with E-state index in [1.54, 1.807) is 11.0 Å². The van der Waals surface area contributed by atoms with Crippen LogP contribution >= 0.6 is 15.9 Å². The Kier molecular flexibility index (Phi) is 5.78. The maximum absolute atomic E-state index is 13.2. The number of halogens is 1. The number of fused-ring (bicyclic) bond motifs is 1. The van der Waals surface area contributed by atoms with Crippen molar-refractivity contribution in [2.75, 3.05) is 11.4 Å². The van der Waals surface area contributed by atoms with Crippen LogP contribution in [0, 0.1) is 20.8 Å². The van der Waals surface area contributed by atoms with Crippen LogP contribution in [0.3, 0.4) is 0 Å². The second-order valence-electron chi connectivity index (χ2n) is 7.68. The Labute approximate surface area is 174 Å². The number of aliphatic hydroxyl groups is 1. The Balaban J connectivity index is 2.01. The van der Waals surface area contributed by atoms with Gasteiger partial charge in [0, 0.05) is 22.1 Å². The van der Waals surface area contributed by atoms with Crippen molar-refractivity contribution >= 4 is 33.3 Å².